The molecule has 1 atom stereocenters. The quantitative estimate of drug-likeness (QED) is 0.479. The van der Waals surface area contributed by atoms with Gasteiger partial charge < -0.3 is 19.0 Å². The lowest BCUT2D eigenvalue weighted by Gasteiger charge is -2.31. The van der Waals surface area contributed by atoms with Gasteiger partial charge in [-0.15, -0.1) is 0 Å². The molecule has 9 heteroatoms. The zero-order valence-corrected chi connectivity index (χ0v) is 16.1. The first kappa shape index (κ1) is 18.7. The lowest BCUT2D eigenvalue weighted by atomic mass is 9.86. The molecule has 0 amide bonds. The van der Waals surface area contributed by atoms with Gasteiger partial charge in [-0.25, -0.2) is 13.6 Å². The molecule has 7 nitrogen and oxygen atoms in total. The number of nitrogens with zero attached hydrogens (tertiary/aromatic N) is 2. The fraction of sp³-hybridized carbons (Fsp3) is 0.286. The second kappa shape index (κ2) is 5.85. The number of fused-ring (bicyclic) bond motifs is 5. The standard InChI is InChI=1S/C21H16F2N2O5/c1-3-21(29)11-5-15-17-16(7-25(15)19(27)10(11)8-30-20(21)28)24(2)14-6-13(23)12(22)4-9(14)18(17)26/h4-6,29H,3,7-8H2,1-2H3/t21-/m0/s1. The van der Waals surface area contributed by atoms with Crippen molar-refractivity contribution in [2.24, 2.45) is 7.05 Å². The molecule has 2 aliphatic rings. The van der Waals surface area contributed by atoms with Crippen LogP contribution in [0.5, 0.6) is 0 Å². The normalized spacial score (nSPS) is 19.4. The Kier molecular flexibility index (Phi) is 3.64. The van der Waals surface area contributed by atoms with Crippen molar-refractivity contribution in [3.8, 4) is 11.3 Å². The number of aryl methyl sites for hydroxylation is 1. The monoisotopic (exact) mass is 414 g/mol. The third kappa shape index (κ3) is 2.12. The number of benzene rings is 1. The summed E-state index contributed by atoms with van der Waals surface area (Å²) in [5.41, 5.74) is -1.75. The molecule has 0 radical (unpaired) electrons. The molecule has 1 aromatic carbocycles. The Morgan fingerprint density at radius 1 is 1.17 bits per heavy atom. The highest BCUT2D eigenvalue weighted by atomic mass is 19.2. The van der Waals surface area contributed by atoms with E-state index in [2.05, 4.69) is 0 Å². The van der Waals surface area contributed by atoms with Crippen molar-refractivity contribution in [2.45, 2.75) is 32.1 Å². The van der Waals surface area contributed by atoms with Gasteiger partial charge in [0.25, 0.3) is 5.56 Å². The van der Waals surface area contributed by atoms with E-state index in [0.717, 1.165) is 12.1 Å². The molecule has 0 fully saturated rings. The molecule has 154 valence electrons. The second-order valence-corrected chi connectivity index (χ2v) is 7.60. The van der Waals surface area contributed by atoms with Crippen LogP contribution in [0.25, 0.3) is 22.2 Å². The number of aromatic nitrogens is 2. The van der Waals surface area contributed by atoms with Crippen LogP contribution in [0, 0.1) is 11.6 Å². The van der Waals surface area contributed by atoms with Gasteiger partial charge in [0.15, 0.2) is 22.7 Å². The van der Waals surface area contributed by atoms with Crippen LogP contribution in [0.3, 0.4) is 0 Å². The summed E-state index contributed by atoms with van der Waals surface area (Å²) in [5, 5.41) is 10.8. The Morgan fingerprint density at radius 2 is 1.87 bits per heavy atom. The van der Waals surface area contributed by atoms with Crippen molar-refractivity contribution >= 4 is 16.9 Å². The van der Waals surface area contributed by atoms with Gasteiger partial charge in [-0.2, -0.15) is 0 Å². The van der Waals surface area contributed by atoms with Crippen LogP contribution in [-0.4, -0.2) is 20.2 Å². The maximum Gasteiger partial charge on any atom is 0.343 e. The first-order valence-electron chi connectivity index (χ1n) is 9.36. The van der Waals surface area contributed by atoms with Crippen LogP contribution in [-0.2, 0) is 35.3 Å². The Bertz CT molecular complexity index is 1420. The summed E-state index contributed by atoms with van der Waals surface area (Å²) in [4.78, 5) is 38.5. The number of carbonyl (C=O) groups is 1. The van der Waals surface area contributed by atoms with E-state index >= 15 is 0 Å². The highest BCUT2D eigenvalue weighted by molar-refractivity contribution is 5.87. The molecule has 0 unspecified atom stereocenters. The van der Waals surface area contributed by atoms with E-state index in [1.807, 2.05) is 0 Å². The molecular weight excluding hydrogens is 398 g/mol. The molecule has 0 bridgehead atoms. The molecule has 1 N–H and O–H groups in total. The Labute approximate surface area is 167 Å². The van der Waals surface area contributed by atoms with Gasteiger partial charge in [0.2, 0.25) is 0 Å². The second-order valence-electron chi connectivity index (χ2n) is 7.60. The maximum absolute atomic E-state index is 13.8. The van der Waals surface area contributed by atoms with Gasteiger partial charge >= 0.3 is 5.97 Å². The number of hydrogen-bond donors (Lipinski definition) is 1. The molecule has 0 saturated heterocycles. The Hall–Kier alpha value is -3.33. The zero-order valence-electron chi connectivity index (χ0n) is 16.1. The summed E-state index contributed by atoms with van der Waals surface area (Å²) in [6, 6.07) is 3.25. The Balaban J connectivity index is 1.89. The largest absolute Gasteiger partial charge is 0.458 e. The van der Waals surface area contributed by atoms with Crippen molar-refractivity contribution in [1.29, 1.82) is 0 Å². The number of ether oxygens (including phenoxy) is 1. The molecule has 3 aromatic rings. The number of pyridine rings is 2. The minimum Gasteiger partial charge on any atom is -0.458 e. The van der Waals surface area contributed by atoms with Crippen molar-refractivity contribution in [2.75, 3.05) is 0 Å². The lowest BCUT2D eigenvalue weighted by molar-refractivity contribution is -0.172. The molecule has 2 aromatic heterocycles. The van der Waals surface area contributed by atoms with E-state index in [0.29, 0.717) is 5.69 Å². The Morgan fingerprint density at radius 3 is 2.57 bits per heavy atom. The predicted molar refractivity (Wildman–Crippen MR) is 102 cm³/mol. The first-order valence-corrected chi connectivity index (χ1v) is 9.36. The minimum atomic E-state index is -2.00. The van der Waals surface area contributed by atoms with E-state index < -0.39 is 34.2 Å². The molecule has 2 aliphatic heterocycles. The highest BCUT2D eigenvalue weighted by Crippen LogP contribution is 2.38. The fourth-order valence-electron chi connectivity index (χ4n) is 4.44. The molecule has 0 aliphatic carbocycles. The van der Waals surface area contributed by atoms with Crippen molar-refractivity contribution in [3.63, 3.8) is 0 Å². The number of esters is 1. The van der Waals surface area contributed by atoms with E-state index in [-0.39, 0.29) is 52.9 Å². The van der Waals surface area contributed by atoms with E-state index in [1.165, 1.54) is 10.6 Å². The van der Waals surface area contributed by atoms with Gasteiger partial charge in [-0.1, -0.05) is 6.92 Å². The number of hydrogen-bond acceptors (Lipinski definition) is 5. The van der Waals surface area contributed by atoms with Crippen LogP contribution in [0.1, 0.15) is 30.2 Å². The summed E-state index contributed by atoms with van der Waals surface area (Å²) in [7, 11) is 1.60. The first-order chi connectivity index (χ1) is 14.2. The van der Waals surface area contributed by atoms with Gasteiger partial charge in [-0.05, 0) is 18.6 Å². The minimum absolute atomic E-state index is 0.0190. The van der Waals surface area contributed by atoms with Crippen LogP contribution in [0.15, 0.2) is 27.8 Å². The van der Waals surface area contributed by atoms with Crippen molar-refractivity contribution < 1.29 is 23.4 Å². The smallest absolute Gasteiger partial charge is 0.343 e. The maximum atomic E-state index is 13.8. The summed E-state index contributed by atoms with van der Waals surface area (Å²) in [5.74, 6) is -3.09. The van der Waals surface area contributed by atoms with Gasteiger partial charge in [0, 0.05) is 24.1 Å². The summed E-state index contributed by atoms with van der Waals surface area (Å²) in [6.45, 7) is 1.34. The predicted octanol–water partition coefficient (Wildman–Crippen LogP) is 1.66. The average molecular weight is 414 g/mol. The highest BCUT2D eigenvalue weighted by Gasteiger charge is 2.45. The number of carbonyl (C=O) groups excluding carboxylic acids is 1. The number of cyclic esters (lactones) is 1. The third-order valence-corrected chi connectivity index (χ3v) is 6.17. The number of rotatable bonds is 1. The molecule has 30 heavy (non-hydrogen) atoms. The molecule has 5 rings (SSSR count). The third-order valence-electron chi connectivity index (χ3n) is 6.17. The molecular formula is C21H16F2N2O5. The zero-order chi connectivity index (χ0) is 21.5. The molecule has 0 spiro atoms. The van der Waals surface area contributed by atoms with Crippen LogP contribution < -0.4 is 11.0 Å². The molecule has 4 heterocycles. The average Bonchev–Trinajstić information content (AvgIpc) is 3.11. The summed E-state index contributed by atoms with van der Waals surface area (Å²) >= 11 is 0. The van der Waals surface area contributed by atoms with E-state index in [1.54, 1.807) is 18.5 Å². The van der Waals surface area contributed by atoms with E-state index in [4.69, 9.17) is 4.74 Å². The van der Waals surface area contributed by atoms with Crippen LogP contribution in [0.2, 0.25) is 0 Å². The van der Waals surface area contributed by atoms with Crippen LogP contribution in [0.4, 0.5) is 8.78 Å². The fourth-order valence-corrected chi connectivity index (χ4v) is 4.44. The van der Waals surface area contributed by atoms with Gasteiger partial charge in [0.1, 0.15) is 6.61 Å². The number of halogens is 2. The van der Waals surface area contributed by atoms with Crippen molar-refractivity contribution in [1.82, 2.24) is 9.13 Å². The summed E-state index contributed by atoms with van der Waals surface area (Å²) < 4.78 is 35.5. The van der Waals surface area contributed by atoms with Gasteiger partial charge in [-0.3, -0.25) is 9.59 Å². The lowest BCUT2D eigenvalue weighted by Crippen LogP contribution is -2.44. The summed E-state index contributed by atoms with van der Waals surface area (Å²) in [6.07, 6.45) is -0.0190. The van der Waals surface area contributed by atoms with Crippen LogP contribution >= 0.6 is 0 Å². The topological polar surface area (TPSA) is 90.5 Å². The SMILES string of the molecule is CC[C@@]1(O)C(=O)OCc2c1cc1n(c2=O)Cc2c-1c(=O)c1cc(F)c(F)cc1n2C. The van der Waals surface area contributed by atoms with Crippen molar-refractivity contribution in [3.05, 3.63) is 67.2 Å². The van der Waals surface area contributed by atoms with Gasteiger partial charge in [0.05, 0.1) is 34.6 Å². The molecule has 0 saturated carbocycles. The number of aliphatic hydroxyl groups is 1. The van der Waals surface area contributed by atoms with E-state index in [9.17, 15) is 28.3 Å².